The number of amides is 2. The third-order valence-electron chi connectivity index (χ3n) is 5.04. The Morgan fingerprint density at radius 2 is 1.64 bits per heavy atom. The summed E-state index contributed by atoms with van der Waals surface area (Å²) in [5.41, 5.74) is 2.81. The van der Waals surface area contributed by atoms with Gasteiger partial charge in [-0.15, -0.1) is 0 Å². The van der Waals surface area contributed by atoms with E-state index < -0.39 is 0 Å². The second-order valence-electron chi connectivity index (χ2n) is 7.24. The van der Waals surface area contributed by atoms with Gasteiger partial charge >= 0.3 is 0 Å². The fourth-order valence-corrected chi connectivity index (χ4v) is 3.40. The zero-order chi connectivity index (χ0) is 19.9. The highest BCUT2D eigenvalue weighted by Gasteiger charge is 2.27. The number of carbonyl (C=O) groups is 2. The van der Waals surface area contributed by atoms with Gasteiger partial charge in [0.15, 0.2) is 0 Å². The highest BCUT2D eigenvalue weighted by molar-refractivity contribution is 5.96. The average molecular weight is 377 g/mol. The van der Waals surface area contributed by atoms with Crippen molar-refractivity contribution in [3.8, 4) is 0 Å². The summed E-state index contributed by atoms with van der Waals surface area (Å²) in [6.07, 6.45) is 4.81. The van der Waals surface area contributed by atoms with Crippen molar-refractivity contribution in [2.75, 3.05) is 37.4 Å². The van der Waals surface area contributed by atoms with Crippen LogP contribution in [0.2, 0.25) is 0 Å². The average Bonchev–Trinajstić information content (AvgIpc) is 2.73. The lowest BCUT2D eigenvalue weighted by molar-refractivity contribution is -0.130. The van der Waals surface area contributed by atoms with Gasteiger partial charge in [-0.3, -0.25) is 9.59 Å². The van der Waals surface area contributed by atoms with Crippen LogP contribution in [0.25, 0.3) is 6.08 Å². The molecule has 146 valence electrons. The Hall–Kier alpha value is -3.08. The summed E-state index contributed by atoms with van der Waals surface area (Å²) in [5, 5.41) is 3.05. The summed E-state index contributed by atoms with van der Waals surface area (Å²) in [5.74, 6) is -0.0423. The van der Waals surface area contributed by atoms with Crippen LogP contribution in [0.1, 0.15) is 18.4 Å². The number of carbonyl (C=O) groups excluding carboxylic acids is 2. The van der Waals surface area contributed by atoms with Crippen molar-refractivity contribution in [2.45, 2.75) is 12.8 Å². The molecule has 28 heavy (non-hydrogen) atoms. The molecule has 0 bridgehead atoms. The molecule has 0 aliphatic carbocycles. The minimum absolute atomic E-state index is 0.000615. The number of rotatable bonds is 5. The van der Waals surface area contributed by atoms with Crippen LogP contribution in [0.5, 0.6) is 0 Å². The lowest BCUT2D eigenvalue weighted by atomic mass is 9.95. The number of piperidine rings is 1. The Bertz CT molecular complexity index is 838. The molecule has 2 aromatic rings. The fourth-order valence-electron chi connectivity index (χ4n) is 3.40. The van der Waals surface area contributed by atoms with E-state index >= 15 is 0 Å². The van der Waals surface area contributed by atoms with Crippen LogP contribution in [0, 0.1) is 5.92 Å². The number of hydrogen-bond acceptors (Lipinski definition) is 3. The summed E-state index contributed by atoms with van der Waals surface area (Å²) < 4.78 is 0. The normalized spacial score (nSPS) is 14.9. The standard InChI is InChI=1S/C23H27N3O2/c1-25(2)21-11-7-6-10-20(21)24-23(28)19-14-16-26(17-15-19)22(27)13-12-18-8-4-3-5-9-18/h3-13,19H,14-17H2,1-2H3,(H,24,28)/b13-12+. The van der Waals surface area contributed by atoms with Crippen molar-refractivity contribution in [3.05, 3.63) is 66.2 Å². The maximum Gasteiger partial charge on any atom is 0.246 e. The van der Waals surface area contributed by atoms with Crippen molar-refractivity contribution >= 4 is 29.3 Å². The van der Waals surface area contributed by atoms with E-state index in [1.807, 2.05) is 84.6 Å². The summed E-state index contributed by atoms with van der Waals surface area (Å²) >= 11 is 0. The van der Waals surface area contributed by atoms with Gasteiger partial charge in [0.1, 0.15) is 0 Å². The molecule has 0 unspecified atom stereocenters. The van der Waals surface area contributed by atoms with Crippen molar-refractivity contribution in [3.63, 3.8) is 0 Å². The first kappa shape index (κ1) is 19.7. The molecule has 0 radical (unpaired) electrons. The highest BCUT2D eigenvalue weighted by atomic mass is 16.2. The van der Waals surface area contributed by atoms with Crippen molar-refractivity contribution < 1.29 is 9.59 Å². The second-order valence-corrected chi connectivity index (χ2v) is 7.24. The van der Waals surface area contributed by atoms with Crippen molar-refractivity contribution in [1.82, 2.24) is 4.90 Å². The number of likely N-dealkylation sites (tertiary alicyclic amines) is 1. The molecule has 2 amide bonds. The lowest BCUT2D eigenvalue weighted by Gasteiger charge is -2.31. The van der Waals surface area contributed by atoms with E-state index in [0.717, 1.165) is 16.9 Å². The largest absolute Gasteiger partial charge is 0.376 e. The smallest absolute Gasteiger partial charge is 0.246 e. The van der Waals surface area contributed by atoms with Gasteiger partial charge in [-0.1, -0.05) is 42.5 Å². The molecule has 5 nitrogen and oxygen atoms in total. The van der Waals surface area contributed by atoms with Crippen molar-refractivity contribution in [1.29, 1.82) is 0 Å². The number of anilines is 2. The molecule has 5 heteroatoms. The van der Waals surface area contributed by atoms with Gasteiger partial charge in [0.2, 0.25) is 11.8 Å². The Morgan fingerprint density at radius 3 is 2.32 bits per heavy atom. The molecule has 1 saturated heterocycles. The van der Waals surface area contributed by atoms with Gasteiger partial charge in [0.25, 0.3) is 0 Å². The predicted octanol–water partition coefficient (Wildman–Crippen LogP) is 3.64. The first-order valence-electron chi connectivity index (χ1n) is 9.64. The maximum absolute atomic E-state index is 12.7. The molecule has 1 heterocycles. The van der Waals surface area contributed by atoms with E-state index in [9.17, 15) is 9.59 Å². The van der Waals surface area contributed by atoms with Crippen LogP contribution in [0.3, 0.4) is 0 Å². The van der Waals surface area contributed by atoms with Gasteiger partial charge < -0.3 is 15.1 Å². The summed E-state index contributed by atoms with van der Waals surface area (Å²) in [4.78, 5) is 28.9. The van der Waals surface area contributed by atoms with Crippen LogP contribution in [-0.4, -0.2) is 43.9 Å². The van der Waals surface area contributed by atoms with Crippen LogP contribution in [0.4, 0.5) is 11.4 Å². The third kappa shape index (κ3) is 5.00. The second kappa shape index (κ2) is 9.22. The van der Waals surface area contributed by atoms with E-state index in [4.69, 9.17) is 0 Å². The fraction of sp³-hybridized carbons (Fsp3) is 0.304. The van der Waals surface area contributed by atoms with Gasteiger partial charge in [-0.2, -0.15) is 0 Å². The van der Waals surface area contributed by atoms with E-state index in [-0.39, 0.29) is 17.7 Å². The van der Waals surface area contributed by atoms with Crippen LogP contribution < -0.4 is 10.2 Å². The Labute approximate surface area is 166 Å². The highest BCUT2D eigenvalue weighted by Crippen LogP contribution is 2.26. The predicted molar refractivity (Wildman–Crippen MR) is 114 cm³/mol. The number of benzene rings is 2. The Balaban J connectivity index is 1.53. The maximum atomic E-state index is 12.7. The molecule has 1 aliphatic heterocycles. The van der Waals surface area contributed by atoms with Crippen LogP contribution in [-0.2, 0) is 9.59 Å². The molecule has 3 rings (SSSR count). The molecule has 0 spiro atoms. The molecule has 1 aliphatic rings. The van der Waals surface area contributed by atoms with E-state index in [1.165, 1.54) is 0 Å². The molecule has 0 atom stereocenters. The lowest BCUT2D eigenvalue weighted by Crippen LogP contribution is -2.40. The summed E-state index contributed by atoms with van der Waals surface area (Å²) in [7, 11) is 3.91. The topological polar surface area (TPSA) is 52.7 Å². The SMILES string of the molecule is CN(C)c1ccccc1NC(=O)C1CCN(C(=O)/C=C/c2ccccc2)CC1. The van der Waals surface area contributed by atoms with Crippen LogP contribution >= 0.6 is 0 Å². The number of hydrogen-bond donors (Lipinski definition) is 1. The summed E-state index contributed by atoms with van der Waals surface area (Å²) in [6.45, 7) is 1.21. The zero-order valence-corrected chi connectivity index (χ0v) is 16.5. The first-order chi connectivity index (χ1) is 13.5. The van der Waals surface area contributed by atoms with Crippen molar-refractivity contribution in [2.24, 2.45) is 5.92 Å². The minimum atomic E-state index is -0.0719. The Kier molecular flexibility index (Phi) is 6.48. The minimum Gasteiger partial charge on any atom is -0.376 e. The molecule has 0 saturated carbocycles. The van der Waals surface area contributed by atoms with E-state index in [2.05, 4.69) is 5.32 Å². The van der Waals surface area contributed by atoms with Gasteiger partial charge in [0, 0.05) is 39.2 Å². The molecule has 0 aromatic heterocycles. The Morgan fingerprint density at radius 1 is 1.00 bits per heavy atom. The molecule has 1 N–H and O–H groups in total. The molecule has 2 aromatic carbocycles. The first-order valence-corrected chi connectivity index (χ1v) is 9.64. The molecule has 1 fully saturated rings. The number of nitrogens with one attached hydrogen (secondary N) is 1. The van der Waals surface area contributed by atoms with Gasteiger partial charge in [-0.05, 0) is 36.6 Å². The van der Waals surface area contributed by atoms with E-state index in [0.29, 0.717) is 25.9 Å². The number of nitrogens with zero attached hydrogens (tertiary/aromatic N) is 2. The molecular formula is C23H27N3O2. The van der Waals surface area contributed by atoms with E-state index in [1.54, 1.807) is 6.08 Å². The third-order valence-corrected chi connectivity index (χ3v) is 5.04. The van der Waals surface area contributed by atoms with Crippen LogP contribution in [0.15, 0.2) is 60.7 Å². The number of para-hydroxylation sites is 2. The van der Waals surface area contributed by atoms with Gasteiger partial charge in [0.05, 0.1) is 11.4 Å². The zero-order valence-electron chi connectivity index (χ0n) is 16.5. The summed E-state index contributed by atoms with van der Waals surface area (Å²) in [6, 6.07) is 17.5. The monoisotopic (exact) mass is 377 g/mol. The molecular weight excluding hydrogens is 350 g/mol. The quantitative estimate of drug-likeness (QED) is 0.810. The van der Waals surface area contributed by atoms with Gasteiger partial charge in [-0.25, -0.2) is 0 Å².